The van der Waals surface area contributed by atoms with Crippen LogP contribution in [0.2, 0.25) is 0 Å². The second-order valence-corrected chi connectivity index (χ2v) is 9.43. The summed E-state index contributed by atoms with van der Waals surface area (Å²) in [5.74, 6) is -0.232. The quantitative estimate of drug-likeness (QED) is 0.433. The number of anilines is 1. The lowest BCUT2D eigenvalue weighted by Gasteiger charge is -2.12. The Kier molecular flexibility index (Phi) is 6.24. The number of thioether (sulfide) groups is 1. The fourth-order valence-electron chi connectivity index (χ4n) is 3.16. The molecule has 32 heavy (non-hydrogen) atoms. The number of para-hydroxylation sites is 1. The number of carbonyl (C=O) groups excluding carboxylic acids is 1. The van der Waals surface area contributed by atoms with E-state index in [9.17, 15) is 18.8 Å². The number of rotatable bonds is 6. The van der Waals surface area contributed by atoms with Crippen molar-refractivity contribution in [3.63, 3.8) is 0 Å². The number of nitrogens with one attached hydrogen (secondary N) is 1. The zero-order chi connectivity index (χ0) is 22.8. The molecule has 0 saturated heterocycles. The van der Waals surface area contributed by atoms with Gasteiger partial charge in [-0.05, 0) is 42.5 Å². The van der Waals surface area contributed by atoms with Gasteiger partial charge in [0.2, 0.25) is 5.91 Å². The molecular formula is C22H19FN4O3S2. The van der Waals surface area contributed by atoms with E-state index in [1.807, 2.05) is 6.92 Å². The van der Waals surface area contributed by atoms with Gasteiger partial charge in [0.1, 0.15) is 17.1 Å². The summed E-state index contributed by atoms with van der Waals surface area (Å²) in [6.45, 7) is 3.20. The van der Waals surface area contributed by atoms with Crippen LogP contribution in [-0.4, -0.2) is 25.8 Å². The highest BCUT2D eigenvalue weighted by molar-refractivity contribution is 8.01. The normalized spacial score (nSPS) is 11.1. The number of carbonyl (C=O) groups is 1. The van der Waals surface area contributed by atoms with Gasteiger partial charge < -0.3 is 5.32 Å². The molecule has 0 atom stereocenters. The summed E-state index contributed by atoms with van der Waals surface area (Å²) in [5, 5.41) is 2.60. The highest BCUT2D eigenvalue weighted by Gasteiger charge is 2.20. The van der Waals surface area contributed by atoms with Crippen LogP contribution in [0.15, 0.2) is 62.5 Å². The summed E-state index contributed by atoms with van der Waals surface area (Å²) < 4.78 is 17.0. The van der Waals surface area contributed by atoms with Gasteiger partial charge in [0.05, 0.1) is 5.69 Å². The van der Waals surface area contributed by atoms with E-state index >= 15 is 0 Å². The molecule has 0 saturated carbocycles. The van der Waals surface area contributed by atoms with E-state index < -0.39 is 23.0 Å². The molecule has 0 bridgehead atoms. The van der Waals surface area contributed by atoms with Gasteiger partial charge in [0.15, 0.2) is 9.99 Å². The molecule has 0 radical (unpaired) electrons. The van der Waals surface area contributed by atoms with Crippen LogP contribution in [0.1, 0.15) is 12.5 Å². The lowest BCUT2D eigenvalue weighted by atomic mass is 10.2. The molecule has 0 unspecified atom stereocenters. The minimum absolute atomic E-state index is 0.165. The molecule has 0 aliphatic carbocycles. The summed E-state index contributed by atoms with van der Waals surface area (Å²) in [7, 11) is 0. The second-order valence-electron chi connectivity index (χ2n) is 6.92. The number of benzene rings is 2. The summed E-state index contributed by atoms with van der Waals surface area (Å²) in [6, 6.07) is 12.9. The summed E-state index contributed by atoms with van der Waals surface area (Å²) in [6.07, 6.45) is 0. The molecule has 4 aromatic rings. The van der Waals surface area contributed by atoms with Crippen molar-refractivity contribution < 1.29 is 9.18 Å². The maximum Gasteiger partial charge on any atom is 0.337 e. The number of aromatic nitrogens is 3. The van der Waals surface area contributed by atoms with E-state index in [1.54, 1.807) is 49.4 Å². The predicted octanol–water partition coefficient (Wildman–Crippen LogP) is 3.81. The first kappa shape index (κ1) is 22.0. The number of halogens is 1. The van der Waals surface area contributed by atoms with Gasteiger partial charge in [0, 0.05) is 5.69 Å². The molecule has 10 heteroatoms. The van der Waals surface area contributed by atoms with Crippen molar-refractivity contribution in [3.05, 3.63) is 80.7 Å². The van der Waals surface area contributed by atoms with E-state index in [-0.39, 0.29) is 17.9 Å². The highest BCUT2D eigenvalue weighted by atomic mass is 32.2. The van der Waals surface area contributed by atoms with E-state index in [1.165, 1.54) is 33.7 Å². The Balaban J connectivity index is 1.81. The molecule has 1 N–H and O–H groups in total. The molecular weight excluding hydrogens is 451 g/mol. The van der Waals surface area contributed by atoms with E-state index in [2.05, 4.69) is 10.3 Å². The molecule has 2 aromatic heterocycles. The number of thiazole rings is 1. The summed E-state index contributed by atoms with van der Waals surface area (Å²) >= 11 is 2.64. The van der Waals surface area contributed by atoms with Gasteiger partial charge in [0.25, 0.3) is 5.56 Å². The Morgan fingerprint density at radius 1 is 1.19 bits per heavy atom. The fraction of sp³-hybridized carbons (Fsp3) is 0.182. The molecule has 4 rings (SSSR count). The Labute approximate surface area is 190 Å². The fourth-order valence-corrected chi connectivity index (χ4v) is 5.13. The number of aryl methyl sites for hydroxylation is 1. The second kappa shape index (κ2) is 9.09. The minimum atomic E-state index is -0.669. The lowest BCUT2D eigenvalue weighted by Crippen LogP contribution is -2.40. The Hall–Kier alpha value is -3.24. The number of fused-ring (bicyclic) bond motifs is 1. The Morgan fingerprint density at radius 2 is 1.94 bits per heavy atom. The monoisotopic (exact) mass is 470 g/mol. The van der Waals surface area contributed by atoms with Crippen LogP contribution in [0.3, 0.4) is 0 Å². The van der Waals surface area contributed by atoms with Crippen molar-refractivity contribution in [2.24, 2.45) is 0 Å². The number of hydrogen-bond acceptors (Lipinski definition) is 6. The molecule has 0 aliphatic rings. The molecule has 7 nitrogen and oxygen atoms in total. The molecule has 164 valence electrons. The number of nitrogens with zero attached hydrogens (tertiary/aromatic N) is 3. The number of hydrogen-bond donors (Lipinski definition) is 1. The van der Waals surface area contributed by atoms with Gasteiger partial charge in [-0.25, -0.2) is 18.7 Å². The maximum absolute atomic E-state index is 13.8. The lowest BCUT2D eigenvalue weighted by molar-refractivity contribution is -0.116. The third-order valence-corrected chi connectivity index (χ3v) is 6.76. The van der Waals surface area contributed by atoms with Crippen molar-refractivity contribution >= 4 is 45.0 Å². The SMILES string of the molecule is CCSc1nc2c(s1)c(=O)n(-c1ccccc1)c(=O)n2CC(=O)Nc1ccc(C)c(F)c1. The zero-order valence-electron chi connectivity index (χ0n) is 17.3. The molecule has 0 fully saturated rings. The topological polar surface area (TPSA) is 86.0 Å². The van der Waals surface area contributed by atoms with Crippen molar-refractivity contribution in [2.75, 3.05) is 11.1 Å². The average molecular weight is 471 g/mol. The smallest absolute Gasteiger partial charge is 0.324 e. The first-order chi connectivity index (χ1) is 15.4. The van der Waals surface area contributed by atoms with Gasteiger partial charge in [-0.15, -0.1) is 11.3 Å². The van der Waals surface area contributed by atoms with Gasteiger partial charge >= 0.3 is 5.69 Å². The van der Waals surface area contributed by atoms with Gasteiger partial charge in [-0.3, -0.25) is 14.2 Å². The van der Waals surface area contributed by atoms with Crippen LogP contribution >= 0.6 is 23.1 Å². The third-order valence-electron chi connectivity index (χ3n) is 4.70. The van der Waals surface area contributed by atoms with Gasteiger partial charge in [-0.2, -0.15) is 0 Å². The van der Waals surface area contributed by atoms with Crippen molar-refractivity contribution in [1.29, 1.82) is 0 Å². The molecule has 0 spiro atoms. The average Bonchev–Trinajstić information content (AvgIpc) is 3.19. The third kappa shape index (κ3) is 4.23. The summed E-state index contributed by atoms with van der Waals surface area (Å²) in [4.78, 5) is 43.6. The molecule has 2 aromatic carbocycles. The molecule has 2 heterocycles. The highest BCUT2D eigenvalue weighted by Crippen LogP contribution is 2.27. The Morgan fingerprint density at radius 3 is 2.62 bits per heavy atom. The van der Waals surface area contributed by atoms with Crippen LogP contribution in [0.25, 0.3) is 16.0 Å². The Bertz CT molecular complexity index is 1430. The van der Waals surface area contributed by atoms with Crippen LogP contribution in [0.5, 0.6) is 0 Å². The van der Waals surface area contributed by atoms with Crippen LogP contribution < -0.4 is 16.6 Å². The van der Waals surface area contributed by atoms with Crippen LogP contribution in [0.4, 0.5) is 10.1 Å². The van der Waals surface area contributed by atoms with Crippen LogP contribution in [-0.2, 0) is 11.3 Å². The van der Waals surface area contributed by atoms with Crippen molar-refractivity contribution in [3.8, 4) is 5.69 Å². The van der Waals surface area contributed by atoms with Crippen molar-refractivity contribution in [2.45, 2.75) is 24.7 Å². The zero-order valence-corrected chi connectivity index (χ0v) is 18.9. The van der Waals surface area contributed by atoms with E-state index in [0.29, 0.717) is 20.3 Å². The standard InChI is InChI=1S/C22H19FN4O3S2/c1-3-31-21-25-19-18(32-21)20(29)27(15-7-5-4-6-8-15)22(30)26(19)12-17(28)24-14-10-9-13(2)16(23)11-14/h4-11H,3,12H2,1-2H3,(H,24,28). The van der Waals surface area contributed by atoms with Crippen LogP contribution in [0, 0.1) is 12.7 Å². The maximum atomic E-state index is 13.8. The van der Waals surface area contributed by atoms with E-state index in [4.69, 9.17) is 0 Å². The largest absolute Gasteiger partial charge is 0.337 e. The molecule has 0 aliphatic heterocycles. The first-order valence-electron chi connectivity index (χ1n) is 9.79. The van der Waals surface area contributed by atoms with E-state index in [0.717, 1.165) is 10.3 Å². The van der Waals surface area contributed by atoms with Gasteiger partial charge in [-0.1, -0.05) is 43.0 Å². The predicted molar refractivity (Wildman–Crippen MR) is 126 cm³/mol. The minimum Gasteiger partial charge on any atom is -0.324 e. The molecule has 1 amide bonds. The summed E-state index contributed by atoms with van der Waals surface area (Å²) in [5.41, 5.74) is 0.153. The first-order valence-corrected chi connectivity index (χ1v) is 11.6. The van der Waals surface area contributed by atoms with Crippen molar-refractivity contribution in [1.82, 2.24) is 14.1 Å². The number of amides is 1.